The Morgan fingerprint density at radius 3 is 2.22 bits per heavy atom. The summed E-state index contributed by atoms with van der Waals surface area (Å²) >= 11 is 0. The summed E-state index contributed by atoms with van der Waals surface area (Å²) in [5, 5.41) is 8.01. The Bertz CT molecular complexity index is 1890. The second-order valence-corrected chi connectivity index (χ2v) is 12.6. The summed E-state index contributed by atoms with van der Waals surface area (Å²) in [6.45, 7) is 3.30. The molecule has 50 heavy (non-hydrogen) atoms. The first kappa shape index (κ1) is 36.2. The monoisotopic (exact) mass is 680 g/mol. The van der Waals surface area contributed by atoms with E-state index in [0.29, 0.717) is 23.6 Å². The van der Waals surface area contributed by atoms with Gasteiger partial charge in [-0.2, -0.15) is 13.2 Å². The number of amides is 1. The Hall–Kier alpha value is -5.11. The summed E-state index contributed by atoms with van der Waals surface area (Å²) in [5.74, 6) is 0.593. The Labute approximate surface area is 291 Å². The average Bonchev–Trinajstić information content (AvgIpc) is 3.12. The van der Waals surface area contributed by atoms with E-state index in [4.69, 9.17) is 4.74 Å². The van der Waals surface area contributed by atoms with Gasteiger partial charge in [-0.15, -0.1) is 0 Å². The predicted molar refractivity (Wildman–Crippen MR) is 194 cm³/mol. The lowest BCUT2D eigenvalue weighted by Crippen LogP contribution is -2.22. The van der Waals surface area contributed by atoms with Crippen molar-refractivity contribution in [2.75, 3.05) is 11.9 Å². The fourth-order valence-corrected chi connectivity index (χ4v) is 6.04. The zero-order valence-corrected chi connectivity index (χ0v) is 28.3. The van der Waals surface area contributed by atoms with Crippen molar-refractivity contribution in [1.82, 2.24) is 5.32 Å². The standard InChI is InChI=1S/C42H43F3N2O3/c1-30-35(29-48)16-10-17-39(30)46-25-8-6-4-2-3-5-7-12-31-13-9-14-32(26-31)28-47-41(49)34-19-24-38-33(27-34)15-11-18-40(38)50-37-22-20-36(21-23-37)42(43,44)45/h9-11,13-24,26-27,29,46H,2-8,12,25,28H2,1H3,(H,47,49). The highest BCUT2D eigenvalue weighted by molar-refractivity contribution is 6.00. The molecule has 8 heteroatoms. The molecule has 260 valence electrons. The highest BCUT2D eigenvalue weighted by Gasteiger charge is 2.30. The summed E-state index contributed by atoms with van der Waals surface area (Å²) in [5.41, 5.74) is 4.87. The molecule has 0 aliphatic carbocycles. The van der Waals surface area contributed by atoms with Crippen molar-refractivity contribution in [2.45, 2.75) is 71.0 Å². The Balaban J connectivity index is 1.01. The topological polar surface area (TPSA) is 67.4 Å². The molecule has 0 bridgehead atoms. The number of rotatable bonds is 17. The minimum Gasteiger partial charge on any atom is -0.457 e. The van der Waals surface area contributed by atoms with Gasteiger partial charge < -0.3 is 15.4 Å². The van der Waals surface area contributed by atoms with Gasteiger partial charge in [0, 0.05) is 35.3 Å². The fraction of sp³-hybridized carbons (Fsp3) is 0.286. The van der Waals surface area contributed by atoms with Crippen molar-refractivity contribution in [3.63, 3.8) is 0 Å². The molecule has 0 fully saturated rings. The Morgan fingerprint density at radius 2 is 1.46 bits per heavy atom. The normalized spacial score (nSPS) is 11.4. The summed E-state index contributed by atoms with van der Waals surface area (Å²) in [6, 6.07) is 29.4. The number of fused-ring (bicyclic) bond motifs is 1. The molecule has 0 aliphatic rings. The molecule has 5 nitrogen and oxygen atoms in total. The van der Waals surface area contributed by atoms with Crippen LogP contribution in [0.25, 0.3) is 10.8 Å². The average molecular weight is 681 g/mol. The molecule has 0 spiro atoms. The summed E-state index contributed by atoms with van der Waals surface area (Å²) in [6.07, 6.45) is 5.79. The van der Waals surface area contributed by atoms with Crippen LogP contribution in [0.4, 0.5) is 18.9 Å². The number of aldehydes is 1. The van der Waals surface area contributed by atoms with Crippen LogP contribution >= 0.6 is 0 Å². The predicted octanol–water partition coefficient (Wildman–Crippen LogP) is 11.1. The van der Waals surface area contributed by atoms with Crippen LogP contribution in [0, 0.1) is 6.92 Å². The van der Waals surface area contributed by atoms with E-state index in [1.807, 2.05) is 43.3 Å². The number of ether oxygens (including phenoxy) is 1. The minimum atomic E-state index is -4.41. The number of alkyl halides is 3. The van der Waals surface area contributed by atoms with Gasteiger partial charge in [-0.3, -0.25) is 9.59 Å². The van der Waals surface area contributed by atoms with Crippen molar-refractivity contribution < 1.29 is 27.5 Å². The maximum Gasteiger partial charge on any atom is 0.416 e. The second-order valence-electron chi connectivity index (χ2n) is 12.6. The molecule has 5 rings (SSSR count). The van der Waals surface area contributed by atoms with Crippen molar-refractivity contribution in [3.05, 3.63) is 137 Å². The summed E-state index contributed by atoms with van der Waals surface area (Å²) in [4.78, 5) is 24.2. The largest absolute Gasteiger partial charge is 0.457 e. The van der Waals surface area contributed by atoms with Crippen LogP contribution in [0.1, 0.15) is 87.9 Å². The number of nitrogens with one attached hydrogen (secondary N) is 2. The van der Waals surface area contributed by atoms with Crippen molar-refractivity contribution in [3.8, 4) is 11.5 Å². The summed E-state index contributed by atoms with van der Waals surface area (Å²) < 4.78 is 44.6. The highest BCUT2D eigenvalue weighted by Crippen LogP contribution is 2.34. The number of hydrogen-bond acceptors (Lipinski definition) is 4. The van der Waals surface area contributed by atoms with Crippen LogP contribution in [0.5, 0.6) is 11.5 Å². The second kappa shape index (κ2) is 17.5. The maximum absolute atomic E-state index is 13.0. The lowest BCUT2D eigenvalue weighted by atomic mass is 10.0. The van der Waals surface area contributed by atoms with Crippen molar-refractivity contribution in [2.24, 2.45) is 0 Å². The first-order valence-electron chi connectivity index (χ1n) is 17.2. The van der Waals surface area contributed by atoms with E-state index in [1.165, 1.54) is 49.8 Å². The Kier molecular flexibility index (Phi) is 12.7. The van der Waals surface area contributed by atoms with Crippen molar-refractivity contribution >= 4 is 28.7 Å². The van der Waals surface area contributed by atoms with Gasteiger partial charge in [-0.05, 0) is 103 Å². The van der Waals surface area contributed by atoms with E-state index in [1.54, 1.807) is 30.3 Å². The third kappa shape index (κ3) is 10.2. The molecule has 0 aromatic heterocycles. The van der Waals surface area contributed by atoms with E-state index in [9.17, 15) is 22.8 Å². The number of benzene rings is 5. The lowest BCUT2D eigenvalue weighted by Gasteiger charge is -2.12. The number of anilines is 1. The number of hydrogen-bond donors (Lipinski definition) is 2. The molecule has 0 unspecified atom stereocenters. The smallest absolute Gasteiger partial charge is 0.416 e. The van der Waals surface area contributed by atoms with Crippen LogP contribution in [0.15, 0.2) is 103 Å². The third-order valence-corrected chi connectivity index (χ3v) is 8.92. The quantitative estimate of drug-likeness (QED) is 0.0758. The molecule has 2 N–H and O–H groups in total. The molecule has 1 amide bonds. The van der Waals surface area contributed by atoms with E-state index in [2.05, 4.69) is 22.8 Å². The van der Waals surface area contributed by atoms with E-state index in [0.717, 1.165) is 77.4 Å². The van der Waals surface area contributed by atoms with E-state index >= 15 is 0 Å². The van der Waals surface area contributed by atoms with Gasteiger partial charge in [0.15, 0.2) is 0 Å². The molecule has 0 heterocycles. The van der Waals surface area contributed by atoms with Gasteiger partial charge in [-0.1, -0.05) is 80.6 Å². The fourth-order valence-electron chi connectivity index (χ4n) is 6.04. The molecule has 0 saturated heterocycles. The summed E-state index contributed by atoms with van der Waals surface area (Å²) in [7, 11) is 0. The molecule has 5 aromatic rings. The van der Waals surface area contributed by atoms with Crippen LogP contribution in [-0.4, -0.2) is 18.7 Å². The van der Waals surface area contributed by atoms with Gasteiger partial charge >= 0.3 is 6.18 Å². The van der Waals surface area contributed by atoms with Gasteiger partial charge in [0.1, 0.15) is 17.8 Å². The molecule has 0 aliphatic heterocycles. The van der Waals surface area contributed by atoms with E-state index < -0.39 is 11.7 Å². The molecular formula is C42H43F3N2O3. The van der Waals surface area contributed by atoms with Crippen LogP contribution in [-0.2, 0) is 19.1 Å². The zero-order valence-electron chi connectivity index (χ0n) is 28.3. The lowest BCUT2D eigenvalue weighted by molar-refractivity contribution is -0.137. The molecule has 0 atom stereocenters. The number of aryl methyl sites for hydroxylation is 1. The minimum absolute atomic E-state index is 0.190. The first-order valence-corrected chi connectivity index (χ1v) is 17.2. The highest BCUT2D eigenvalue weighted by atomic mass is 19.4. The molecular weight excluding hydrogens is 637 g/mol. The third-order valence-electron chi connectivity index (χ3n) is 8.92. The Morgan fingerprint density at radius 1 is 0.760 bits per heavy atom. The van der Waals surface area contributed by atoms with Gasteiger partial charge in [0.05, 0.1) is 5.56 Å². The van der Waals surface area contributed by atoms with E-state index in [-0.39, 0.29) is 5.91 Å². The maximum atomic E-state index is 13.0. The molecule has 5 aromatic carbocycles. The van der Waals surface area contributed by atoms with Crippen LogP contribution in [0.3, 0.4) is 0 Å². The molecule has 0 saturated carbocycles. The number of unbranched alkanes of at least 4 members (excludes halogenated alkanes) is 6. The first-order chi connectivity index (χ1) is 24.2. The van der Waals surface area contributed by atoms with Crippen LogP contribution < -0.4 is 15.4 Å². The molecule has 0 radical (unpaired) electrons. The zero-order chi connectivity index (χ0) is 35.3. The van der Waals surface area contributed by atoms with Gasteiger partial charge in [0.2, 0.25) is 0 Å². The van der Waals surface area contributed by atoms with Crippen molar-refractivity contribution in [1.29, 1.82) is 0 Å². The van der Waals surface area contributed by atoms with Crippen LogP contribution in [0.2, 0.25) is 0 Å². The SMILES string of the molecule is Cc1c(C=O)cccc1NCCCCCCCCCc1cccc(CNC(=O)c2ccc3c(Oc4ccc(C(F)(F)F)cc4)cccc3c2)c1. The number of carbonyl (C=O) groups is 2. The van der Waals surface area contributed by atoms with Gasteiger partial charge in [0.25, 0.3) is 5.91 Å². The number of halogens is 3. The number of carbonyl (C=O) groups excluding carboxylic acids is 2. The van der Waals surface area contributed by atoms with Gasteiger partial charge in [-0.25, -0.2) is 0 Å².